The first-order chi connectivity index (χ1) is 13.5. The molecule has 2 aromatic heterocycles. The van der Waals surface area contributed by atoms with Crippen LogP contribution in [0, 0.1) is 12.8 Å². The number of carbonyl (C=O) groups is 2. The summed E-state index contributed by atoms with van der Waals surface area (Å²) in [4.78, 5) is 36.1. The minimum atomic E-state index is -0.844. The summed E-state index contributed by atoms with van der Waals surface area (Å²) in [6, 6.07) is 12.1. The number of rotatable bonds is 5. The van der Waals surface area contributed by atoms with Gasteiger partial charge in [0.15, 0.2) is 0 Å². The molecule has 0 saturated carbocycles. The summed E-state index contributed by atoms with van der Waals surface area (Å²) in [6.07, 6.45) is 0.503. The largest absolute Gasteiger partial charge is 0.481 e. The van der Waals surface area contributed by atoms with Gasteiger partial charge < -0.3 is 15.3 Å². The Morgan fingerprint density at radius 3 is 2.79 bits per heavy atom. The molecule has 1 aliphatic heterocycles. The Bertz CT molecular complexity index is 1030. The van der Waals surface area contributed by atoms with Crippen molar-refractivity contribution in [1.29, 1.82) is 0 Å². The maximum Gasteiger partial charge on any atom is 0.308 e. The fraction of sp³-hybridized carbons (Fsp3) is 0.300. The van der Waals surface area contributed by atoms with Crippen molar-refractivity contribution in [2.75, 3.05) is 25.0 Å². The normalized spacial score (nSPS) is 16.5. The van der Waals surface area contributed by atoms with E-state index in [0.29, 0.717) is 24.6 Å². The first kappa shape index (κ1) is 18.4. The standard InChI is InChI=1S/C20H20N4O3S/c1-12-22-18(21-10-17(25)24-8-7-14(11-24)20(26)27)15-9-16(28-19(15)23-12)13-5-3-2-4-6-13/h2-6,9,14H,7-8,10-11H2,1H3,(H,26,27)(H,21,22,23). The molecule has 1 fully saturated rings. The van der Waals surface area contributed by atoms with E-state index in [4.69, 9.17) is 5.11 Å². The van der Waals surface area contributed by atoms with Gasteiger partial charge in [0.2, 0.25) is 5.91 Å². The van der Waals surface area contributed by atoms with Gasteiger partial charge in [-0.1, -0.05) is 30.3 Å². The molecule has 0 radical (unpaired) electrons. The minimum absolute atomic E-state index is 0.0778. The molecule has 1 aromatic carbocycles. The Morgan fingerprint density at radius 1 is 1.29 bits per heavy atom. The number of amides is 1. The van der Waals surface area contributed by atoms with Crippen molar-refractivity contribution in [2.45, 2.75) is 13.3 Å². The Hall–Kier alpha value is -3.00. The predicted octanol–water partition coefficient (Wildman–Crippen LogP) is 3.01. The number of thiophene rings is 1. The zero-order chi connectivity index (χ0) is 19.7. The number of nitrogens with zero attached hydrogens (tertiary/aromatic N) is 3. The van der Waals surface area contributed by atoms with E-state index in [-0.39, 0.29) is 19.0 Å². The fourth-order valence-electron chi connectivity index (χ4n) is 3.37. The molecule has 3 heterocycles. The van der Waals surface area contributed by atoms with Gasteiger partial charge >= 0.3 is 5.97 Å². The highest BCUT2D eigenvalue weighted by atomic mass is 32.1. The first-order valence-corrected chi connectivity index (χ1v) is 9.91. The minimum Gasteiger partial charge on any atom is -0.481 e. The number of benzene rings is 1. The van der Waals surface area contributed by atoms with Gasteiger partial charge in [-0.25, -0.2) is 9.97 Å². The van der Waals surface area contributed by atoms with Crippen LogP contribution in [0.1, 0.15) is 12.2 Å². The van der Waals surface area contributed by atoms with E-state index in [1.54, 1.807) is 16.2 Å². The molecular weight excluding hydrogens is 376 g/mol. The van der Waals surface area contributed by atoms with Crippen LogP contribution in [0.15, 0.2) is 36.4 Å². The maximum absolute atomic E-state index is 12.5. The molecule has 0 spiro atoms. The number of fused-ring (bicyclic) bond motifs is 1. The van der Waals surface area contributed by atoms with Crippen LogP contribution in [0.2, 0.25) is 0 Å². The number of hydrogen-bond donors (Lipinski definition) is 2. The highest BCUT2D eigenvalue weighted by Gasteiger charge is 2.30. The molecule has 1 amide bonds. The number of aromatic nitrogens is 2. The molecule has 28 heavy (non-hydrogen) atoms. The third kappa shape index (κ3) is 3.68. The highest BCUT2D eigenvalue weighted by molar-refractivity contribution is 7.21. The van der Waals surface area contributed by atoms with Crippen molar-refractivity contribution in [2.24, 2.45) is 5.92 Å². The van der Waals surface area contributed by atoms with E-state index >= 15 is 0 Å². The number of aliphatic carboxylic acids is 1. The topological polar surface area (TPSA) is 95.4 Å². The second-order valence-electron chi connectivity index (χ2n) is 6.83. The second kappa shape index (κ2) is 7.55. The van der Waals surface area contributed by atoms with Crippen molar-refractivity contribution in [3.05, 3.63) is 42.2 Å². The molecule has 4 rings (SSSR count). The van der Waals surface area contributed by atoms with Gasteiger partial charge in [-0.2, -0.15) is 0 Å². The molecule has 144 valence electrons. The fourth-order valence-corrected chi connectivity index (χ4v) is 4.45. The summed E-state index contributed by atoms with van der Waals surface area (Å²) < 4.78 is 0. The third-order valence-corrected chi connectivity index (χ3v) is 5.94. The number of hydrogen-bond acceptors (Lipinski definition) is 6. The molecule has 0 aliphatic carbocycles. The van der Waals surface area contributed by atoms with Crippen molar-refractivity contribution in [3.8, 4) is 10.4 Å². The second-order valence-corrected chi connectivity index (χ2v) is 7.86. The van der Waals surface area contributed by atoms with Crippen LogP contribution in [0.5, 0.6) is 0 Å². The van der Waals surface area contributed by atoms with Crippen LogP contribution in [0.3, 0.4) is 0 Å². The third-order valence-electron chi connectivity index (χ3n) is 4.86. The van der Waals surface area contributed by atoms with Crippen molar-refractivity contribution < 1.29 is 14.7 Å². The van der Waals surface area contributed by atoms with E-state index in [1.165, 1.54) is 0 Å². The predicted molar refractivity (Wildman–Crippen MR) is 108 cm³/mol. The zero-order valence-corrected chi connectivity index (χ0v) is 16.2. The Labute approximate surface area is 166 Å². The lowest BCUT2D eigenvalue weighted by Gasteiger charge is -2.16. The molecule has 1 aliphatic rings. The summed E-state index contributed by atoms with van der Waals surface area (Å²) in [5, 5.41) is 13.1. The lowest BCUT2D eigenvalue weighted by atomic mass is 10.1. The van der Waals surface area contributed by atoms with Crippen LogP contribution in [-0.4, -0.2) is 51.5 Å². The van der Waals surface area contributed by atoms with E-state index in [9.17, 15) is 9.59 Å². The average Bonchev–Trinajstić information content (AvgIpc) is 3.34. The number of carboxylic acid groups (broad SMARTS) is 1. The molecule has 7 nitrogen and oxygen atoms in total. The van der Waals surface area contributed by atoms with E-state index < -0.39 is 11.9 Å². The summed E-state index contributed by atoms with van der Waals surface area (Å²) in [5.74, 6) is -0.170. The van der Waals surface area contributed by atoms with Gasteiger partial charge in [-0.15, -0.1) is 11.3 Å². The Kier molecular flexibility index (Phi) is 4.95. The molecule has 2 N–H and O–H groups in total. The number of anilines is 1. The summed E-state index contributed by atoms with van der Waals surface area (Å²) in [6.45, 7) is 2.65. The molecular formula is C20H20N4O3S. The monoisotopic (exact) mass is 396 g/mol. The van der Waals surface area contributed by atoms with Crippen molar-refractivity contribution in [3.63, 3.8) is 0 Å². The van der Waals surface area contributed by atoms with Gasteiger partial charge in [0.05, 0.1) is 17.8 Å². The first-order valence-electron chi connectivity index (χ1n) is 9.09. The Balaban J connectivity index is 1.53. The number of aryl methyl sites for hydroxylation is 1. The summed E-state index contributed by atoms with van der Waals surface area (Å²) in [5.41, 5.74) is 1.11. The molecule has 0 bridgehead atoms. The van der Waals surface area contributed by atoms with Crippen LogP contribution in [0.4, 0.5) is 5.82 Å². The Morgan fingerprint density at radius 2 is 2.07 bits per heavy atom. The smallest absolute Gasteiger partial charge is 0.308 e. The number of carboxylic acids is 1. The molecule has 8 heteroatoms. The van der Waals surface area contributed by atoms with Gasteiger partial charge in [0, 0.05) is 18.0 Å². The van der Waals surface area contributed by atoms with Crippen LogP contribution in [-0.2, 0) is 9.59 Å². The summed E-state index contributed by atoms with van der Waals surface area (Å²) >= 11 is 1.59. The summed E-state index contributed by atoms with van der Waals surface area (Å²) in [7, 11) is 0. The number of likely N-dealkylation sites (tertiary alicyclic amines) is 1. The van der Waals surface area contributed by atoms with Crippen LogP contribution < -0.4 is 5.32 Å². The quantitative estimate of drug-likeness (QED) is 0.688. The highest BCUT2D eigenvalue weighted by Crippen LogP contribution is 2.35. The SMILES string of the molecule is Cc1nc(NCC(=O)N2CCC(C(=O)O)C2)c2cc(-c3ccccc3)sc2n1. The number of nitrogens with one attached hydrogen (secondary N) is 1. The van der Waals surface area contributed by atoms with E-state index in [1.807, 2.05) is 43.3 Å². The van der Waals surface area contributed by atoms with E-state index in [2.05, 4.69) is 15.3 Å². The molecule has 1 saturated heterocycles. The van der Waals surface area contributed by atoms with Crippen molar-refractivity contribution >= 4 is 39.2 Å². The average molecular weight is 396 g/mol. The zero-order valence-electron chi connectivity index (χ0n) is 15.4. The number of carbonyl (C=O) groups excluding carboxylic acids is 1. The maximum atomic E-state index is 12.5. The van der Waals surface area contributed by atoms with Crippen LogP contribution in [0.25, 0.3) is 20.7 Å². The lowest BCUT2D eigenvalue weighted by molar-refractivity contribution is -0.141. The molecule has 1 unspecified atom stereocenters. The van der Waals surface area contributed by atoms with Gasteiger partial charge in [-0.3, -0.25) is 9.59 Å². The van der Waals surface area contributed by atoms with Gasteiger partial charge in [0.25, 0.3) is 0 Å². The molecule has 3 aromatic rings. The molecule has 1 atom stereocenters. The van der Waals surface area contributed by atoms with Gasteiger partial charge in [-0.05, 0) is 25.0 Å². The van der Waals surface area contributed by atoms with Crippen molar-refractivity contribution in [1.82, 2.24) is 14.9 Å². The van der Waals surface area contributed by atoms with Crippen LogP contribution >= 0.6 is 11.3 Å². The van der Waals surface area contributed by atoms with Gasteiger partial charge in [0.1, 0.15) is 16.5 Å². The lowest BCUT2D eigenvalue weighted by Crippen LogP contribution is -2.34. The van der Waals surface area contributed by atoms with E-state index in [0.717, 1.165) is 20.7 Å².